The minimum Gasteiger partial charge on any atom is -0.477 e. The molecule has 5 heteroatoms. The van der Waals surface area contributed by atoms with Gasteiger partial charge in [0.2, 0.25) is 0 Å². The molecule has 0 bridgehead atoms. The summed E-state index contributed by atoms with van der Waals surface area (Å²) in [5, 5.41) is 13.4. The van der Waals surface area contributed by atoms with Crippen LogP contribution in [0.15, 0.2) is 36.9 Å². The molecule has 3 N–H and O–H groups in total. The van der Waals surface area contributed by atoms with E-state index in [0.29, 0.717) is 17.9 Å². The summed E-state index contributed by atoms with van der Waals surface area (Å²) in [6, 6.07) is 7.09. The van der Waals surface area contributed by atoms with E-state index in [1.54, 1.807) is 12.1 Å². The molecule has 0 saturated carbocycles. The van der Waals surface area contributed by atoms with Crippen LogP contribution in [0.2, 0.25) is 0 Å². The maximum Gasteiger partial charge on any atom is 0.354 e. The maximum atomic E-state index is 11.1. The van der Waals surface area contributed by atoms with E-state index >= 15 is 0 Å². The molecule has 0 saturated heterocycles. The van der Waals surface area contributed by atoms with Gasteiger partial charge < -0.3 is 10.8 Å². The van der Waals surface area contributed by atoms with Gasteiger partial charge >= 0.3 is 5.97 Å². The van der Waals surface area contributed by atoms with Gasteiger partial charge in [-0.25, -0.2) is 4.79 Å². The van der Waals surface area contributed by atoms with E-state index in [0.717, 1.165) is 11.1 Å². The standard InChI is InChI=1S/C14H15N3O2/c1-3-6-17-13(14(18)19)8-12(16-17)10-5-4-9(2)11(15)7-10/h3-5,7-8H,1,6,15H2,2H3,(H,18,19). The van der Waals surface area contributed by atoms with Crippen molar-refractivity contribution in [2.75, 3.05) is 5.73 Å². The van der Waals surface area contributed by atoms with E-state index in [4.69, 9.17) is 10.8 Å². The number of allylic oxidation sites excluding steroid dienone is 1. The Labute approximate surface area is 111 Å². The van der Waals surface area contributed by atoms with Crippen LogP contribution >= 0.6 is 0 Å². The van der Waals surface area contributed by atoms with Gasteiger partial charge in [0.05, 0.1) is 12.2 Å². The number of anilines is 1. The van der Waals surface area contributed by atoms with Crippen LogP contribution in [0.1, 0.15) is 16.1 Å². The molecular weight excluding hydrogens is 242 g/mol. The first-order valence-corrected chi connectivity index (χ1v) is 5.81. The largest absolute Gasteiger partial charge is 0.477 e. The van der Waals surface area contributed by atoms with Crippen molar-refractivity contribution in [3.63, 3.8) is 0 Å². The van der Waals surface area contributed by atoms with E-state index in [-0.39, 0.29) is 5.69 Å². The first kappa shape index (κ1) is 12.9. The monoisotopic (exact) mass is 257 g/mol. The number of nitrogens with zero attached hydrogens (tertiary/aromatic N) is 2. The SMILES string of the molecule is C=CCn1nc(-c2ccc(C)c(N)c2)cc1C(=O)O. The Morgan fingerprint density at radius 2 is 2.26 bits per heavy atom. The van der Waals surface area contributed by atoms with Crippen LogP contribution in [-0.2, 0) is 6.54 Å². The van der Waals surface area contributed by atoms with Crippen LogP contribution < -0.4 is 5.73 Å². The van der Waals surface area contributed by atoms with Crippen molar-refractivity contribution in [3.8, 4) is 11.3 Å². The highest BCUT2D eigenvalue weighted by atomic mass is 16.4. The van der Waals surface area contributed by atoms with Gasteiger partial charge in [0.1, 0.15) is 5.69 Å². The lowest BCUT2D eigenvalue weighted by molar-refractivity contribution is 0.0684. The number of nitrogens with two attached hydrogens (primary N) is 1. The van der Waals surface area contributed by atoms with Crippen molar-refractivity contribution in [1.82, 2.24) is 9.78 Å². The van der Waals surface area contributed by atoms with Gasteiger partial charge in [-0.15, -0.1) is 6.58 Å². The Balaban J connectivity index is 2.50. The zero-order valence-corrected chi connectivity index (χ0v) is 10.6. The summed E-state index contributed by atoms with van der Waals surface area (Å²) in [7, 11) is 0. The number of rotatable bonds is 4. The first-order valence-electron chi connectivity index (χ1n) is 5.81. The minimum atomic E-state index is -1.01. The summed E-state index contributed by atoms with van der Waals surface area (Å²) in [4.78, 5) is 11.1. The third kappa shape index (κ3) is 2.49. The van der Waals surface area contributed by atoms with Gasteiger partial charge in [0, 0.05) is 11.3 Å². The summed E-state index contributed by atoms with van der Waals surface area (Å²) >= 11 is 0. The van der Waals surface area contributed by atoms with Gasteiger partial charge in [0.25, 0.3) is 0 Å². The average molecular weight is 257 g/mol. The predicted octanol–water partition coefficient (Wildman–Crippen LogP) is 2.32. The third-order valence-electron chi connectivity index (χ3n) is 2.88. The third-order valence-corrected chi connectivity index (χ3v) is 2.88. The predicted molar refractivity (Wildman–Crippen MR) is 74.0 cm³/mol. The molecule has 0 aliphatic rings. The number of hydrogen-bond donors (Lipinski definition) is 2. The fourth-order valence-electron chi connectivity index (χ4n) is 1.79. The molecule has 0 atom stereocenters. The molecule has 0 radical (unpaired) electrons. The Morgan fingerprint density at radius 3 is 2.84 bits per heavy atom. The molecule has 98 valence electrons. The number of aromatic nitrogens is 2. The van der Waals surface area contributed by atoms with Crippen molar-refractivity contribution >= 4 is 11.7 Å². The van der Waals surface area contributed by atoms with Crippen molar-refractivity contribution in [2.24, 2.45) is 0 Å². The van der Waals surface area contributed by atoms with E-state index < -0.39 is 5.97 Å². The number of carboxylic acids is 1. The van der Waals surface area contributed by atoms with Crippen LogP contribution in [-0.4, -0.2) is 20.9 Å². The minimum absolute atomic E-state index is 0.133. The van der Waals surface area contributed by atoms with Gasteiger partial charge in [-0.05, 0) is 24.6 Å². The number of carbonyl (C=O) groups is 1. The van der Waals surface area contributed by atoms with Crippen LogP contribution in [0.3, 0.4) is 0 Å². The molecule has 0 fully saturated rings. The molecule has 1 aromatic carbocycles. The lowest BCUT2D eigenvalue weighted by Crippen LogP contribution is -2.08. The lowest BCUT2D eigenvalue weighted by Gasteiger charge is -2.02. The van der Waals surface area contributed by atoms with Crippen LogP contribution in [0.4, 0.5) is 5.69 Å². The van der Waals surface area contributed by atoms with Crippen LogP contribution in [0.5, 0.6) is 0 Å². The van der Waals surface area contributed by atoms with Gasteiger partial charge in [-0.3, -0.25) is 4.68 Å². The highest BCUT2D eigenvalue weighted by Gasteiger charge is 2.14. The fourth-order valence-corrected chi connectivity index (χ4v) is 1.79. The number of aromatic carboxylic acids is 1. The van der Waals surface area contributed by atoms with E-state index in [9.17, 15) is 4.79 Å². The van der Waals surface area contributed by atoms with Crippen molar-refractivity contribution < 1.29 is 9.90 Å². The maximum absolute atomic E-state index is 11.1. The Bertz CT molecular complexity index is 644. The molecule has 2 aromatic rings. The van der Waals surface area contributed by atoms with Crippen LogP contribution in [0.25, 0.3) is 11.3 Å². The summed E-state index contributed by atoms with van der Waals surface area (Å²) in [5.74, 6) is -1.01. The Hall–Kier alpha value is -2.56. The second kappa shape index (κ2) is 4.97. The molecule has 1 aromatic heterocycles. The van der Waals surface area contributed by atoms with Crippen molar-refractivity contribution in [2.45, 2.75) is 13.5 Å². The fraction of sp³-hybridized carbons (Fsp3) is 0.143. The first-order chi connectivity index (χ1) is 9.02. The van der Waals surface area contributed by atoms with E-state index in [1.165, 1.54) is 10.7 Å². The molecule has 0 aliphatic heterocycles. The molecular formula is C14H15N3O2. The number of carboxylic acid groups (broad SMARTS) is 1. The summed E-state index contributed by atoms with van der Waals surface area (Å²) in [6.07, 6.45) is 1.60. The number of nitrogen functional groups attached to an aromatic ring is 1. The molecule has 19 heavy (non-hydrogen) atoms. The zero-order valence-electron chi connectivity index (χ0n) is 10.6. The van der Waals surface area contributed by atoms with Crippen molar-refractivity contribution in [1.29, 1.82) is 0 Å². The van der Waals surface area contributed by atoms with Gasteiger partial charge in [0.15, 0.2) is 0 Å². The second-order valence-corrected chi connectivity index (χ2v) is 4.26. The summed E-state index contributed by atoms with van der Waals surface area (Å²) in [5.41, 5.74) is 9.02. The number of aryl methyl sites for hydroxylation is 1. The quantitative estimate of drug-likeness (QED) is 0.650. The van der Waals surface area contributed by atoms with Crippen molar-refractivity contribution in [3.05, 3.63) is 48.2 Å². The summed E-state index contributed by atoms with van der Waals surface area (Å²) < 4.78 is 1.40. The number of hydrogen-bond acceptors (Lipinski definition) is 3. The highest BCUT2D eigenvalue weighted by Crippen LogP contribution is 2.23. The molecule has 5 nitrogen and oxygen atoms in total. The molecule has 2 rings (SSSR count). The van der Waals surface area contributed by atoms with Gasteiger partial charge in [-0.1, -0.05) is 18.2 Å². The Morgan fingerprint density at radius 1 is 1.53 bits per heavy atom. The average Bonchev–Trinajstić information content (AvgIpc) is 2.77. The lowest BCUT2D eigenvalue weighted by atomic mass is 10.1. The molecule has 0 unspecified atom stereocenters. The highest BCUT2D eigenvalue weighted by molar-refractivity contribution is 5.87. The summed E-state index contributed by atoms with van der Waals surface area (Å²) in [6.45, 7) is 5.86. The second-order valence-electron chi connectivity index (χ2n) is 4.26. The normalized spacial score (nSPS) is 10.4. The zero-order chi connectivity index (χ0) is 14.0. The van der Waals surface area contributed by atoms with Gasteiger partial charge in [-0.2, -0.15) is 5.10 Å². The topological polar surface area (TPSA) is 81.1 Å². The molecule has 0 aliphatic carbocycles. The van der Waals surface area contributed by atoms with Crippen LogP contribution in [0, 0.1) is 6.92 Å². The number of benzene rings is 1. The molecule has 0 amide bonds. The Kier molecular flexibility index (Phi) is 3.37. The van der Waals surface area contributed by atoms with E-state index in [1.807, 2.05) is 19.1 Å². The van der Waals surface area contributed by atoms with E-state index in [2.05, 4.69) is 11.7 Å². The molecule has 0 spiro atoms. The molecule has 1 heterocycles. The smallest absolute Gasteiger partial charge is 0.354 e.